The zero-order chi connectivity index (χ0) is 22.4. The van der Waals surface area contributed by atoms with Gasteiger partial charge in [-0.15, -0.1) is 0 Å². The van der Waals surface area contributed by atoms with Crippen molar-refractivity contribution in [1.82, 2.24) is 5.32 Å². The average molecular weight is 434 g/mol. The quantitative estimate of drug-likeness (QED) is 0.314. The molecular formula is C22H18N4O4S. The largest absolute Gasteiger partial charge is 0.332 e. The number of anilines is 2. The van der Waals surface area contributed by atoms with Gasteiger partial charge in [0.25, 0.3) is 17.5 Å². The summed E-state index contributed by atoms with van der Waals surface area (Å²) < 4.78 is 0. The maximum absolute atomic E-state index is 12.3. The van der Waals surface area contributed by atoms with Crippen LogP contribution in [0.5, 0.6) is 0 Å². The lowest BCUT2D eigenvalue weighted by atomic mass is 10.1. The Morgan fingerprint density at radius 2 is 1.58 bits per heavy atom. The fourth-order valence-electron chi connectivity index (χ4n) is 2.76. The number of hydrogen-bond donors (Lipinski definition) is 3. The summed E-state index contributed by atoms with van der Waals surface area (Å²) in [7, 11) is 0. The number of rotatable bonds is 5. The van der Waals surface area contributed by atoms with Crippen LogP contribution in [0.4, 0.5) is 17.1 Å². The first-order chi connectivity index (χ1) is 14.8. The molecule has 3 N–H and O–H groups in total. The van der Waals surface area contributed by atoms with Crippen molar-refractivity contribution in [3.63, 3.8) is 0 Å². The van der Waals surface area contributed by atoms with E-state index in [2.05, 4.69) is 16.0 Å². The van der Waals surface area contributed by atoms with E-state index in [0.29, 0.717) is 16.9 Å². The van der Waals surface area contributed by atoms with Gasteiger partial charge in [-0.3, -0.25) is 25.0 Å². The van der Waals surface area contributed by atoms with Gasteiger partial charge in [-0.2, -0.15) is 0 Å². The number of amides is 2. The molecule has 0 aliphatic carbocycles. The summed E-state index contributed by atoms with van der Waals surface area (Å²) in [5.74, 6) is -0.784. The number of nitrogens with one attached hydrogen (secondary N) is 3. The molecule has 0 saturated carbocycles. The smallest absolute Gasteiger partial charge is 0.270 e. The fraction of sp³-hybridized carbons (Fsp3) is 0.0455. The number of nitrogens with zero attached hydrogens (tertiary/aromatic N) is 1. The summed E-state index contributed by atoms with van der Waals surface area (Å²) in [4.78, 5) is 34.9. The Kier molecular flexibility index (Phi) is 6.68. The predicted octanol–water partition coefficient (Wildman–Crippen LogP) is 4.28. The molecule has 0 heterocycles. The summed E-state index contributed by atoms with van der Waals surface area (Å²) in [6.45, 7) is 1.83. The first-order valence-electron chi connectivity index (χ1n) is 9.17. The zero-order valence-corrected chi connectivity index (χ0v) is 17.2. The molecule has 9 heteroatoms. The molecule has 0 fully saturated rings. The monoisotopic (exact) mass is 434 g/mol. The molecule has 2 amide bonds. The van der Waals surface area contributed by atoms with E-state index in [1.54, 1.807) is 42.5 Å². The van der Waals surface area contributed by atoms with Crippen LogP contribution >= 0.6 is 12.2 Å². The normalized spacial score (nSPS) is 10.1. The minimum Gasteiger partial charge on any atom is -0.332 e. The number of non-ortho nitro benzene ring substituents is 1. The number of nitro groups is 1. The fourth-order valence-corrected chi connectivity index (χ4v) is 2.97. The molecule has 0 aliphatic heterocycles. The highest BCUT2D eigenvalue weighted by Crippen LogP contribution is 2.20. The highest BCUT2D eigenvalue weighted by molar-refractivity contribution is 7.80. The maximum atomic E-state index is 12.3. The van der Waals surface area contributed by atoms with Crippen LogP contribution in [0.15, 0.2) is 72.8 Å². The Morgan fingerprint density at radius 3 is 2.26 bits per heavy atom. The van der Waals surface area contributed by atoms with Crippen LogP contribution in [-0.2, 0) is 0 Å². The predicted molar refractivity (Wildman–Crippen MR) is 122 cm³/mol. The van der Waals surface area contributed by atoms with Crippen LogP contribution in [0.1, 0.15) is 26.3 Å². The highest BCUT2D eigenvalue weighted by Gasteiger charge is 2.13. The van der Waals surface area contributed by atoms with Crippen LogP contribution in [-0.4, -0.2) is 21.9 Å². The first-order valence-corrected chi connectivity index (χ1v) is 9.58. The second-order valence-corrected chi connectivity index (χ2v) is 6.97. The lowest BCUT2D eigenvalue weighted by Crippen LogP contribution is -2.34. The number of carbonyl (C=O) groups is 2. The molecule has 156 valence electrons. The highest BCUT2D eigenvalue weighted by atomic mass is 32.1. The van der Waals surface area contributed by atoms with Crippen molar-refractivity contribution in [2.24, 2.45) is 0 Å². The Bertz CT molecular complexity index is 1170. The van der Waals surface area contributed by atoms with E-state index in [1.165, 1.54) is 24.3 Å². The SMILES string of the molecule is Cc1cc(NC(=S)NC(=O)c2cccc([N+](=O)[O-])c2)ccc1NC(=O)c1ccccc1. The number of benzene rings is 3. The van der Waals surface area contributed by atoms with Gasteiger partial charge >= 0.3 is 0 Å². The number of carbonyl (C=O) groups excluding carboxylic acids is 2. The Morgan fingerprint density at radius 1 is 0.871 bits per heavy atom. The molecule has 0 bridgehead atoms. The van der Waals surface area contributed by atoms with Crippen LogP contribution in [0, 0.1) is 17.0 Å². The third kappa shape index (κ3) is 5.71. The van der Waals surface area contributed by atoms with Crippen molar-refractivity contribution in [2.75, 3.05) is 10.6 Å². The van der Waals surface area contributed by atoms with Gasteiger partial charge in [0.05, 0.1) is 4.92 Å². The molecule has 3 rings (SSSR count). The van der Waals surface area contributed by atoms with Crippen LogP contribution in [0.2, 0.25) is 0 Å². The summed E-state index contributed by atoms with van der Waals surface area (Å²) in [6.07, 6.45) is 0. The molecule has 0 unspecified atom stereocenters. The van der Waals surface area contributed by atoms with E-state index in [0.717, 1.165) is 5.56 Å². The second kappa shape index (κ2) is 9.59. The third-order valence-corrected chi connectivity index (χ3v) is 4.52. The molecule has 0 aliphatic rings. The van der Waals surface area contributed by atoms with Gasteiger partial charge < -0.3 is 10.6 Å². The third-order valence-electron chi connectivity index (χ3n) is 4.31. The van der Waals surface area contributed by atoms with E-state index in [1.807, 2.05) is 13.0 Å². The average Bonchev–Trinajstić information content (AvgIpc) is 2.76. The summed E-state index contributed by atoms with van der Waals surface area (Å²) in [6, 6.07) is 19.4. The summed E-state index contributed by atoms with van der Waals surface area (Å²) >= 11 is 5.16. The molecule has 0 saturated heterocycles. The van der Waals surface area contributed by atoms with Gasteiger partial charge in [0, 0.05) is 34.6 Å². The van der Waals surface area contributed by atoms with Crippen LogP contribution in [0.25, 0.3) is 0 Å². The molecule has 3 aromatic rings. The van der Waals surface area contributed by atoms with Crippen LogP contribution in [0.3, 0.4) is 0 Å². The van der Waals surface area contributed by atoms with Crippen molar-refractivity contribution < 1.29 is 14.5 Å². The first kappa shape index (κ1) is 21.6. The molecule has 0 radical (unpaired) electrons. The van der Waals surface area contributed by atoms with Gasteiger partial charge in [-0.25, -0.2) is 0 Å². The number of thiocarbonyl (C=S) groups is 1. The van der Waals surface area contributed by atoms with Gasteiger partial charge in [0.2, 0.25) is 0 Å². The van der Waals surface area contributed by atoms with Crippen molar-refractivity contribution in [3.05, 3.63) is 99.6 Å². The van der Waals surface area contributed by atoms with Crippen molar-refractivity contribution >= 4 is 46.2 Å². The minimum atomic E-state index is -0.575. The molecule has 0 atom stereocenters. The van der Waals surface area contributed by atoms with Crippen molar-refractivity contribution in [2.45, 2.75) is 6.92 Å². The van der Waals surface area contributed by atoms with Gasteiger partial charge in [-0.05, 0) is 61.1 Å². The molecule has 0 spiro atoms. The number of hydrogen-bond acceptors (Lipinski definition) is 5. The maximum Gasteiger partial charge on any atom is 0.270 e. The number of nitro benzene ring substituents is 1. The number of aryl methyl sites for hydroxylation is 1. The molecule has 8 nitrogen and oxygen atoms in total. The van der Waals surface area contributed by atoms with E-state index >= 15 is 0 Å². The lowest BCUT2D eigenvalue weighted by molar-refractivity contribution is -0.384. The Hall–Kier alpha value is -4.11. The van der Waals surface area contributed by atoms with Crippen molar-refractivity contribution in [1.29, 1.82) is 0 Å². The summed E-state index contributed by atoms with van der Waals surface area (Å²) in [5, 5.41) is 19.1. The molecule has 0 aromatic heterocycles. The summed E-state index contributed by atoms with van der Waals surface area (Å²) in [5.41, 5.74) is 2.53. The van der Waals surface area contributed by atoms with Gasteiger partial charge in [-0.1, -0.05) is 24.3 Å². The van der Waals surface area contributed by atoms with E-state index in [9.17, 15) is 19.7 Å². The second-order valence-electron chi connectivity index (χ2n) is 6.57. The van der Waals surface area contributed by atoms with Gasteiger partial charge in [0.15, 0.2) is 5.11 Å². The Labute approximate surface area is 183 Å². The zero-order valence-electron chi connectivity index (χ0n) is 16.4. The van der Waals surface area contributed by atoms with E-state index < -0.39 is 10.8 Å². The van der Waals surface area contributed by atoms with Gasteiger partial charge in [0.1, 0.15) is 0 Å². The molecular weight excluding hydrogens is 416 g/mol. The Balaban J connectivity index is 1.62. The van der Waals surface area contributed by atoms with Crippen LogP contribution < -0.4 is 16.0 Å². The lowest BCUT2D eigenvalue weighted by Gasteiger charge is -2.13. The van der Waals surface area contributed by atoms with Crippen molar-refractivity contribution in [3.8, 4) is 0 Å². The topological polar surface area (TPSA) is 113 Å². The molecule has 3 aromatic carbocycles. The van der Waals surface area contributed by atoms with E-state index in [-0.39, 0.29) is 22.3 Å². The molecule has 31 heavy (non-hydrogen) atoms. The standard InChI is InChI=1S/C22H18N4O4S/c1-14-12-17(10-11-19(14)24-20(27)15-6-3-2-4-7-15)23-22(31)25-21(28)16-8-5-9-18(13-16)26(29)30/h2-13H,1H3,(H,24,27)(H2,23,25,28,31). The van der Waals surface area contributed by atoms with E-state index in [4.69, 9.17) is 12.2 Å². The minimum absolute atomic E-state index is 0.0389.